The molecule has 2 aromatic carbocycles. The standard InChI is InChI=1S/C19H23Cl/c1-5-15-10-11-16(6-2)17(12-15)19(20)18-13(3)8-7-9-14(18)4/h7-12,19H,5-6H2,1-4H3. The number of alkyl halides is 1. The highest BCUT2D eigenvalue weighted by Crippen LogP contribution is 2.35. The number of aryl methyl sites for hydroxylation is 4. The Morgan fingerprint density at radius 2 is 1.60 bits per heavy atom. The number of rotatable bonds is 4. The number of hydrogen-bond donors (Lipinski definition) is 0. The Bertz CT molecular complexity index is 578. The lowest BCUT2D eigenvalue weighted by Crippen LogP contribution is -2.03. The molecule has 2 aromatic rings. The van der Waals surface area contributed by atoms with Gasteiger partial charge in [0, 0.05) is 0 Å². The van der Waals surface area contributed by atoms with Gasteiger partial charge in [-0.25, -0.2) is 0 Å². The Hall–Kier alpha value is -1.27. The summed E-state index contributed by atoms with van der Waals surface area (Å²) in [5.41, 5.74) is 7.78. The van der Waals surface area contributed by atoms with Crippen LogP contribution in [0.15, 0.2) is 36.4 Å². The highest BCUT2D eigenvalue weighted by molar-refractivity contribution is 6.23. The van der Waals surface area contributed by atoms with E-state index in [0.717, 1.165) is 12.8 Å². The van der Waals surface area contributed by atoms with Gasteiger partial charge in [0.1, 0.15) is 0 Å². The van der Waals surface area contributed by atoms with Crippen LogP contribution >= 0.6 is 11.6 Å². The minimum Gasteiger partial charge on any atom is -0.113 e. The molecule has 1 unspecified atom stereocenters. The molecule has 0 nitrogen and oxygen atoms in total. The Morgan fingerprint density at radius 1 is 0.950 bits per heavy atom. The molecule has 0 aliphatic carbocycles. The molecule has 0 N–H and O–H groups in total. The van der Waals surface area contributed by atoms with E-state index in [1.165, 1.54) is 33.4 Å². The van der Waals surface area contributed by atoms with E-state index in [2.05, 4.69) is 64.1 Å². The van der Waals surface area contributed by atoms with Gasteiger partial charge in [0.25, 0.3) is 0 Å². The van der Waals surface area contributed by atoms with Crippen LogP contribution in [0, 0.1) is 13.8 Å². The first-order valence-corrected chi connectivity index (χ1v) is 7.84. The van der Waals surface area contributed by atoms with Crippen molar-refractivity contribution in [3.63, 3.8) is 0 Å². The molecule has 0 aliphatic rings. The summed E-state index contributed by atoms with van der Waals surface area (Å²) >= 11 is 6.86. The van der Waals surface area contributed by atoms with Crippen molar-refractivity contribution < 1.29 is 0 Å². The lowest BCUT2D eigenvalue weighted by Gasteiger charge is -2.19. The molecule has 1 atom stereocenters. The highest BCUT2D eigenvalue weighted by Gasteiger charge is 2.18. The van der Waals surface area contributed by atoms with Gasteiger partial charge < -0.3 is 0 Å². The van der Waals surface area contributed by atoms with Gasteiger partial charge in [-0.2, -0.15) is 0 Å². The third-order valence-corrected chi connectivity index (χ3v) is 4.52. The molecular weight excluding hydrogens is 264 g/mol. The van der Waals surface area contributed by atoms with Gasteiger partial charge in [-0.3, -0.25) is 0 Å². The average molecular weight is 287 g/mol. The van der Waals surface area contributed by atoms with Crippen LogP contribution in [0.5, 0.6) is 0 Å². The molecule has 2 rings (SSSR count). The van der Waals surface area contributed by atoms with Crippen LogP contribution in [0.1, 0.15) is 52.6 Å². The normalized spacial score (nSPS) is 12.4. The smallest absolute Gasteiger partial charge is 0.0843 e. The van der Waals surface area contributed by atoms with Gasteiger partial charge in [0.2, 0.25) is 0 Å². The second-order valence-corrected chi connectivity index (χ2v) is 5.84. The minimum absolute atomic E-state index is 0.0577. The summed E-state index contributed by atoms with van der Waals surface area (Å²) in [6, 6.07) is 13.1. The SMILES string of the molecule is CCc1ccc(CC)c(C(Cl)c2c(C)cccc2C)c1. The zero-order valence-electron chi connectivity index (χ0n) is 12.8. The van der Waals surface area contributed by atoms with Crippen LogP contribution in [-0.4, -0.2) is 0 Å². The summed E-state index contributed by atoms with van der Waals surface area (Å²) in [5.74, 6) is 0. The van der Waals surface area contributed by atoms with E-state index in [9.17, 15) is 0 Å². The molecule has 0 spiro atoms. The number of hydrogen-bond acceptors (Lipinski definition) is 0. The molecule has 20 heavy (non-hydrogen) atoms. The lowest BCUT2D eigenvalue weighted by molar-refractivity contribution is 1.000. The van der Waals surface area contributed by atoms with Crippen molar-refractivity contribution >= 4 is 11.6 Å². The topological polar surface area (TPSA) is 0 Å². The van der Waals surface area contributed by atoms with Crippen molar-refractivity contribution in [2.45, 2.75) is 45.9 Å². The zero-order chi connectivity index (χ0) is 14.7. The quantitative estimate of drug-likeness (QED) is 0.627. The number of halogens is 1. The van der Waals surface area contributed by atoms with Crippen molar-refractivity contribution in [3.8, 4) is 0 Å². The average Bonchev–Trinajstić information content (AvgIpc) is 2.46. The monoisotopic (exact) mass is 286 g/mol. The second kappa shape index (κ2) is 6.45. The first kappa shape index (κ1) is 15.1. The van der Waals surface area contributed by atoms with Crippen molar-refractivity contribution in [1.82, 2.24) is 0 Å². The summed E-state index contributed by atoms with van der Waals surface area (Å²) < 4.78 is 0. The maximum atomic E-state index is 6.86. The van der Waals surface area contributed by atoms with Crippen LogP contribution in [-0.2, 0) is 12.8 Å². The van der Waals surface area contributed by atoms with E-state index in [1.54, 1.807) is 0 Å². The molecule has 0 saturated heterocycles. The van der Waals surface area contributed by atoms with Crippen LogP contribution < -0.4 is 0 Å². The van der Waals surface area contributed by atoms with Crippen molar-refractivity contribution in [1.29, 1.82) is 0 Å². The molecule has 0 amide bonds. The largest absolute Gasteiger partial charge is 0.113 e. The van der Waals surface area contributed by atoms with Crippen LogP contribution in [0.25, 0.3) is 0 Å². The fourth-order valence-corrected chi connectivity index (χ4v) is 3.35. The van der Waals surface area contributed by atoms with Crippen LogP contribution in [0.4, 0.5) is 0 Å². The van der Waals surface area contributed by atoms with E-state index >= 15 is 0 Å². The van der Waals surface area contributed by atoms with Crippen LogP contribution in [0.2, 0.25) is 0 Å². The van der Waals surface area contributed by atoms with E-state index in [1.807, 2.05) is 0 Å². The minimum atomic E-state index is -0.0577. The summed E-state index contributed by atoms with van der Waals surface area (Å²) in [5, 5.41) is -0.0577. The first-order chi connectivity index (χ1) is 9.58. The molecule has 0 aliphatic heterocycles. The summed E-state index contributed by atoms with van der Waals surface area (Å²) in [4.78, 5) is 0. The molecular formula is C19H23Cl. The predicted octanol–water partition coefficient (Wildman–Crippen LogP) is 5.76. The fraction of sp³-hybridized carbons (Fsp3) is 0.368. The first-order valence-electron chi connectivity index (χ1n) is 7.40. The molecule has 0 radical (unpaired) electrons. The Morgan fingerprint density at radius 3 is 2.15 bits per heavy atom. The molecule has 1 heteroatoms. The van der Waals surface area contributed by atoms with Crippen molar-refractivity contribution in [3.05, 3.63) is 69.8 Å². The fourth-order valence-electron chi connectivity index (χ4n) is 2.80. The highest BCUT2D eigenvalue weighted by atomic mass is 35.5. The molecule has 0 bridgehead atoms. The third kappa shape index (κ3) is 2.91. The van der Waals surface area contributed by atoms with Gasteiger partial charge in [-0.1, -0.05) is 50.2 Å². The van der Waals surface area contributed by atoms with Gasteiger partial charge >= 0.3 is 0 Å². The van der Waals surface area contributed by atoms with E-state index < -0.39 is 0 Å². The maximum Gasteiger partial charge on any atom is 0.0843 e. The van der Waals surface area contributed by atoms with Crippen molar-refractivity contribution in [2.24, 2.45) is 0 Å². The Balaban J connectivity index is 2.55. The van der Waals surface area contributed by atoms with Crippen molar-refractivity contribution in [2.75, 3.05) is 0 Å². The third-order valence-electron chi connectivity index (χ3n) is 4.07. The molecule has 0 heterocycles. The maximum absolute atomic E-state index is 6.86. The summed E-state index contributed by atoms with van der Waals surface area (Å²) in [6.45, 7) is 8.67. The Kier molecular flexibility index (Phi) is 4.88. The van der Waals surface area contributed by atoms with Crippen LogP contribution in [0.3, 0.4) is 0 Å². The molecule has 0 saturated carbocycles. The van der Waals surface area contributed by atoms with E-state index in [-0.39, 0.29) is 5.38 Å². The zero-order valence-corrected chi connectivity index (χ0v) is 13.6. The lowest BCUT2D eigenvalue weighted by atomic mass is 9.91. The van der Waals surface area contributed by atoms with Gasteiger partial charge in [-0.05, 0) is 60.1 Å². The van der Waals surface area contributed by atoms with Gasteiger partial charge in [0.15, 0.2) is 0 Å². The van der Waals surface area contributed by atoms with Gasteiger partial charge in [-0.15, -0.1) is 11.6 Å². The van der Waals surface area contributed by atoms with E-state index in [0.29, 0.717) is 0 Å². The number of benzene rings is 2. The molecule has 106 valence electrons. The summed E-state index contributed by atoms with van der Waals surface area (Å²) in [6.07, 6.45) is 2.07. The van der Waals surface area contributed by atoms with Gasteiger partial charge in [0.05, 0.1) is 5.38 Å². The predicted molar refractivity (Wildman–Crippen MR) is 88.8 cm³/mol. The van der Waals surface area contributed by atoms with E-state index in [4.69, 9.17) is 11.6 Å². The Labute approximate surface area is 127 Å². The molecule has 0 fully saturated rings. The molecule has 0 aromatic heterocycles. The second-order valence-electron chi connectivity index (χ2n) is 5.41. The summed E-state index contributed by atoms with van der Waals surface area (Å²) in [7, 11) is 0.